The van der Waals surface area contributed by atoms with Gasteiger partial charge in [0.25, 0.3) is 0 Å². The van der Waals surface area contributed by atoms with Crippen molar-refractivity contribution in [3.05, 3.63) is 36.5 Å². The van der Waals surface area contributed by atoms with Crippen molar-refractivity contribution in [2.24, 2.45) is 0 Å². The molecule has 60 heavy (non-hydrogen) atoms. The normalized spacial score (nSPS) is 13.5. The van der Waals surface area contributed by atoms with Crippen molar-refractivity contribution in [1.82, 2.24) is 5.32 Å². The van der Waals surface area contributed by atoms with Gasteiger partial charge in [-0.3, -0.25) is 9.59 Å². The van der Waals surface area contributed by atoms with Gasteiger partial charge in [0.1, 0.15) is 6.10 Å². The number of carbonyl (C=O) groups excluding carboxylic acids is 2. The van der Waals surface area contributed by atoms with Crippen LogP contribution in [-0.4, -0.2) is 46.9 Å². The molecule has 6 nitrogen and oxygen atoms in total. The van der Waals surface area contributed by atoms with E-state index in [1.807, 2.05) is 0 Å². The van der Waals surface area contributed by atoms with Crippen molar-refractivity contribution < 1.29 is 24.5 Å². The number of rotatable bonds is 47. The van der Waals surface area contributed by atoms with Crippen molar-refractivity contribution in [1.29, 1.82) is 0 Å². The SMILES string of the molecule is CC/C=C/C/C=C/C/C=C/CCCCCCCCC(=O)OC(CCCCCCCCCC)CC(=O)NC(CO)C(O)CCCCCCCCCCCCCCCCCCC. The van der Waals surface area contributed by atoms with Crippen LogP contribution in [0.25, 0.3) is 0 Å². The highest BCUT2D eigenvalue weighted by Gasteiger charge is 2.24. The first-order valence-electron chi connectivity index (χ1n) is 26.2. The molecule has 6 heteroatoms. The molecular formula is C54H101NO5. The Morgan fingerprint density at radius 3 is 1.37 bits per heavy atom. The van der Waals surface area contributed by atoms with Crippen LogP contribution in [0, 0.1) is 0 Å². The number of esters is 1. The van der Waals surface area contributed by atoms with Crippen LogP contribution in [0.2, 0.25) is 0 Å². The van der Waals surface area contributed by atoms with Gasteiger partial charge in [-0.05, 0) is 57.8 Å². The molecule has 0 fully saturated rings. The van der Waals surface area contributed by atoms with Gasteiger partial charge in [0.2, 0.25) is 5.91 Å². The quantitative estimate of drug-likeness (QED) is 0.0322. The Morgan fingerprint density at radius 2 is 0.900 bits per heavy atom. The smallest absolute Gasteiger partial charge is 0.306 e. The summed E-state index contributed by atoms with van der Waals surface area (Å²) in [5.41, 5.74) is 0. The van der Waals surface area contributed by atoms with Gasteiger partial charge in [-0.1, -0.05) is 237 Å². The first kappa shape index (κ1) is 58.1. The van der Waals surface area contributed by atoms with Crippen LogP contribution in [0.15, 0.2) is 36.5 Å². The molecule has 352 valence electrons. The van der Waals surface area contributed by atoms with Crippen molar-refractivity contribution in [3.63, 3.8) is 0 Å². The molecule has 0 aliphatic rings. The molecule has 0 aliphatic carbocycles. The van der Waals surface area contributed by atoms with E-state index in [-0.39, 0.29) is 24.9 Å². The minimum atomic E-state index is -0.786. The van der Waals surface area contributed by atoms with E-state index in [4.69, 9.17) is 4.74 Å². The molecule has 0 heterocycles. The monoisotopic (exact) mass is 844 g/mol. The van der Waals surface area contributed by atoms with Gasteiger partial charge in [0, 0.05) is 6.42 Å². The molecule has 0 spiro atoms. The van der Waals surface area contributed by atoms with Gasteiger partial charge < -0.3 is 20.3 Å². The van der Waals surface area contributed by atoms with E-state index in [9.17, 15) is 19.8 Å². The predicted octanol–water partition coefficient (Wildman–Crippen LogP) is 15.7. The van der Waals surface area contributed by atoms with E-state index in [1.54, 1.807) is 0 Å². The van der Waals surface area contributed by atoms with Crippen LogP contribution in [0.4, 0.5) is 0 Å². The number of unbranched alkanes of at least 4 members (excludes halogenated alkanes) is 29. The number of aliphatic hydroxyl groups is 2. The van der Waals surface area contributed by atoms with Crippen molar-refractivity contribution in [3.8, 4) is 0 Å². The average molecular weight is 844 g/mol. The van der Waals surface area contributed by atoms with Crippen LogP contribution >= 0.6 is 0 Å². The van der Waals surface area contributed by atoms with Gasteiger partial charge in [-0.2, -0.15) is 0 Å². The van der Waals surface area contributed by atoms with Gasteiger partial charge in [0.15, 0.2) is 0 Å². The largest absolute Gasteiger partial charge is 0.462 e. The third kappa shape index (κ3) is 42.8. The van der Waals surface area contributed by atoms with E-state index in [0.29, 0.717) is 19.3 Å². The molecule has 0 aliphatic heterocycles. The van der Waals surface area contributed by atoms with Gasteiger partial charge in [-0.25, -0.2) is 0 Å². The molecular weight excluding hydrogens is 743 g/mol. The minimum absolute atomic E-state index is 0.0750. The number of carbonyl (C=O) groups is 2. The van der Waals surface area contributed by atoms with E-state index in [2.05, 4.69) is 62.5 Å². The Balaban J connectivity index is 4.37. The first-order valence-corrected chi connectivity index (χ1v) is 26.2. The summed E-state index contributed by atoms with van der Waals surface area (Å²) < 4.78 is 5.91. The lowest BCUT2D eigenvalue weighted by Crippen LogP contribution is -2.46. The maximum Gasteiger partial charge on any atom is 0.306 e. The number of ether oxygens (including phenoxy) is 1. The molecule has 0 saturated heterocycles. The topological polar surface area (TPSA) is 95.9 Å². The fraction of sp³-hybridized carbons (Fsp3) is 0.852. The zero-order valence-electron chi connectivity index (χ0n) is 40.1. The average Bonchev–Trinajstić information content (AvgIpc) is 3.24. The lowest BCUT2D eigenvalue weighted by atomic mass is 10.0. The summed E-state index contributed by atoms with van der Waals surface area (Å²) in [6.45, 7) is 6.37. The van der Waals surface area contributed by atoms with Crippen LogP contribution in [0.5, 0.6) is 0 Å². The fourth-order valence-electron chi connectivity index (χ4n) is 8.03. The summed E-state index contributed by atoms with van der Waals surface area (Å²) in [6, 6.07) is -0.700. The van der Waals surface area contributed by atoms with Crippen LogP contribution < -0.4 is 5.32 Å². The summed E-state index contributed by atoms with van der Waals surface area (Å²) >= 11 is 0. The maximum atomic E-state index is 13.2. The Labute approximate surface area is 373 Å². The van der Waals surface area contributed by atoms with Crippen LogP contribution in [0.1, 0.15) is 271 Å². The van der Waals surface area contributed by atoms with Gasteiger partial charge >= 0.3 is 5.97 Å². The second-order valence-corrected chi connectivity index (χ2v) is 17.9. The lowest BCUT2D eigenvalue weighted by Gasteiger charge is -2.24. The summed E-state index contributed by atoms with van der Waals surface area (Å²) in [4.78, 5) is 26.1. The highest BCUT2D eigenvalue weighted by atomic mass is 16.5. The number of aliphatic hydroxyl groups excluding tert-OH is 2. The molecule has 0 saturated carbocycles. The molecule has 3 N–H and O–H groups in total. The molecule has 3 atom stereocenters. The van der Waals surface area contributed by atoms with Crippen molar-refractivity contribution in [2.75, 3.05) is 6.61 Å². The number of hydrogen-bond donors (Lipinski definition) is 3. The molecule has 0 aromatic rings. The van der Waals surface area contributed by atoms with Crippen molar-refractivity contribution >= 4 is 11.9 Å². The Kier molecular flexibility index (Phi) is 46.6. The minimum Gasteiger partial charge on any atom is -0.462 e. The molecule has 0 rings (SSSR count). The third-order valence-electron chi connectivity index (χ3n) is 12.0. The Bertz CT molecular complexity index is 993. The number of nitrogens with one attached hydrogen (secondary N) is 1. The fourth-order valence-corrected chi connectivity index (χ4v) is 8.03. The molecule has 3 unspecified atom stereocenters. The molecule has 0 radical (unpaired) electrons. The molecule has 0 aromatic carbocycles. The maximum absolute atomic E-state index is 13.2. The summed E-state index contributed by atoms with van der Waals surface area (Å²) in [7, 11) is 0. The standard InChI is InChI=1S/C54H101NO5/c1-4-7-10-13-16-19-21-23-25-27-28-30-32-34-37-40-43-46-52(57)51(49-56)55-53(58)48-50(45-42-39-36-18-15-12-9-6-3)60-54(59)47-44-41-38-35-33-31-29-26-24-22-20-17-14-11-8-5-2/h8,11,17,20,24,26,50-52,56-57H,4-7,9-10,12-16,18-19,21-23,25,27-49H2,1-3H3,(H,55,58)/b11-8+,20-17+,26-24+. The summed E-state index contributed by atoms with van der Waals surface area (Å²) in [6.07, 6.45) is 56.4. The second-order valence-electron chi connectivity index (χ2n) is 17.9. The zero-order valence-corrected chi connectivity index (χ0v) is 40.1. The van der Waals surface area contributed by atoms with Crippen molar-refractivity contribution in [2.45, 2.75) is 289 Å². The summed E-state index contributed by atoms with van der Waals surface area (Å²) in [5, 5.41) is 23.8. The van der Waals surface area contributed by atoms with Gasteiger partial charge in [0.05, 0.1) is 25.2 Å². The van der Waals surface area contributed by atoms with E-state index in [0.717, 1.165) is 70.6 Å². The predicted molar refractivity (Wildman–Crippen MR) is 259 cm³/mol. The van der Waals surface area contributed by atoms with E-state index >= 15 is 0 Å². The highest BCUT2D eigenvalue weighted by molar-refractivity contribution is 5.77. The molecule has 0 aromatic heterocycles. The highest BCUT2D eigenvalue weighted by Crippen LogP contribution is 2.18. The second kappa shape index (κ2) is 48.1. The van der Waals surface area contributed by atoms with Gasteiger partial charge in [-0.15, -0.1) is 0 Å². The summed E-state index contributed by atoms with van der Waals surface area (Å²) in [5.74, 6) is -0.482. The number of allylic oxidation sites excluding steroid dienone is 6. The third-order valence-corrected chi connectivity index (χ3v) is 12.0. The van der Waals surface area contributed by atoms with E-state index in [1.165, 1.54) is 154 Å². The lowest BCUT2D eigenvalue weighted by molar-refractivity contribution is -0.151. The Morgan fingerprint density at radius 1 is 0.500 bits per heavy atom. The molecule has 0 bridgehead atoms. The van der Waals surface area contributed by atoms with E-state index < -0.39 is 18.2 Å². The number of amides is 1. The van der Waals surface area contributed by atoms with Crippen LogP contribution in [0.3, 0.4) is 0 Å². The number of hydrogen-bond acceptors (Lipinski definition) is 5. The first-order chi connectivity index (χ1) is 29.5. The zero-order chi connectivity index (χ0) is 43.8. The molecule has 1 amide bonds. The Hall–Kier alpha value is -1.92. The van der Waals surface area contributed by atoms with Crippen LogP contribution in [-0.2, 0) is 14.3 Å².